The molecule has 9 rings (SSSR count). The van der Waals surface area contributed by atoms with E-state index in [4.69, 9.17) is 19.9 Å². The molecule has 0 radical (unpaired) electrons. The van der Waals surface area contributed by atoms with Crippen LogP contribution in [0.15, 0.2) is 132 Å². The second-order valence-corrected chi connectivity index (χ2v) is 23.3. The zero-order valence-corrected chi connectivity index (χ0v) is 47.0. The van der Waals surface area contributed by atoms with E-state index in [0.29, 0.717) is 76.0 Å². The molecule has 6 aromatic carbocycles. The number of alkyl halides is 2. The molecule has 434 valence electrons. The first-order valence-corrected chi connectivity index (χ1v) is 29.8. The molecule has 0 saturated heterocycles. The Kier molecular flexibility index (Phi) is 22.6. The monoisotopic (exact) mass is 1150 g/mol. The number of Topliss-reactive ketones (excluding diaryl/α,β-unsaturated/α-hetero) is 1. The van der Waals surface area contributed by atoms with Gasteiger partial charge in [0.25, 0.3) is 0 Å². The molecule has 3 aliphatic rings. The van der Waals surface area contributed by atoms with E-state index >= 15 is 0 Å². The Morgan fingerprint density at radius 3 is 1.56 bits per heavy atom. The first kappa shape index (κ1) is 61.9. The summed E-state index contributed by atoms with van der Waals surface area (Å²) in [6.07, 6.45) is 18.7. The number of carbonyl (C=O) groups is 5. The third kappa shape index (κ3) is 19.0. The minimum Gasteiger partial charge on any atom is -0.434 e. The maximum absolute atomic E-state index is 14.9. The number of rotatable bonds is 17. The van der Waals surface area contributed by atoms with Gasteiger partial charge < -0.3 is 24.7 Å². The second-order valence-electron chi connectivity index (χ2n) is 21.3. The second kappa shape index (κ2) is 29.9. The SMILES string of the molecule is CC(=O)c1cccc(-c2cccc(OC(=O)CC3CCCCC3)c2F)c1.CS(=O)(=O)c1cccc(-c2cc(OC(=O)CC3CCCCC3)ccc2OC(F)F)c1.NC(=O)c1cccc(-c2cc(F)cc(OC(=O)CC3CCCCC3)c2)c1. The summed E-state index contributed by atoms with van der Waals surface area (Å²) in [5.41, 5.74) is 8.77. The number of primary amides is 1. The number of hydrogen-bond donors (Lipinski definition) is 1. The Morgan fingerprint density at radius 2 is 1.01 bits per heavy atom. The van der Waals surface area contributed by atoms with Gasteiger partial charge >= 0.3 is 24.5 Å². The van der Waals surface area contributed by atoms with Gasteiger partial charge in [-0.25, -0.2) is 17.2 Å². The van der Waals surface area contributed by atoms with Gasteiger partial charge in [0.05, 0.1) is 4.90 Å². The molecule has 12 nitrogen and oxygen atoms in total. The molecule has 0 aliphatic heterocycles. The minimum absolute atomic E-state index is 0.0442. The van der Waals surface area contributed by atoms with Gasteiger partial charge in [-0.05, 0) is 152 Å². The number of ether oxygens (including phenoxy) is 4. The van der Waals surface area contributed by atoms with Crippen molar-refractivity contribution in [3.05, 3.63) is 150 Å². The van der Waals surface area contributed by atoms with Crippen molar-refractivity contribution in [1.29, 1.82) is 0 Å². The summed E-state index contributed by atoms with van der Waals surface area (Å²) in [5.74, 6) is -1.64. The maximum Gasteiger partial charge on any atom is 0.387 e. The van der Waals surface area contributed by atoms with E-state index in [9.17, 15) is 50.0 Å². The van der Waals surface area contributed by atoms with E-state index in [1.165, 1.54) is 80.8 Å². The fourth-order valence-corrected chi connectivity index (χ4v) is 11.3. The van der Waals surface area contributed by atoms with Gasteiger partial charge in [0.2, 0.25) is 5.91 Å². The summed E-state index contributed by atoms with van der Waals surface area (Å²) in [5, 5.41) is 0. The number of esters is 3. The van der Waals surface area contributed by atoms with Crippen molar-refractivity contribution >= 4 is 39.4 Å². The van der Waals surface area contributed by atoms with Crippen LogP contribution in [-0.2, 0) is 24.2 Å². The van der Waals surface area contributed by atoms with Crippen LogP contribution >= 0.6 is 0 Å². The van der Waals surface area contributed by atoms with E-state index in [1.807, 2.05) is 0 Å². The summed E-state index contributed by atoms with van der Waals surface area (Å²) in [4.78, 5) is 59.6. The summed E-state index contributed by atoms with van der Waals surface area (Å²) in [6, 6.07) is 32.2. The standard InChI is InChI=1S/C22H24F2O5S.C22H23FO3.C21H22FNO3/c1-30(26,27)18-9-5-8-16(13-18)19-14-17(10-11-20(19)29-22(23)24)28-21(25)12-15-6-3-2-4-7-15;1-15(24)17-9-5-10-18(14-17)19-11-6-12-20(22(19)23)26-21(25)13-16-7-3-2-4-8-16;22-18-11-17(15-7-4-8-16(10-15)21(23)25)12-19(13-18)26-20(24)9-14-5-2-1-3-6-14/h5,8-11,13-15,22H,2-4,6-7,12H2,1H3;5-6,9-12,14,16H,2-4,7-8,13H2,1H3;4,7-8,10-14H,1-3,5-6,9H2,(H2,23,25). The Morgan fingerprint density at radius 1 is 0.512 bits per heavy atom. The number of benzene rings is 6. The van der Waals surface area contributed by atoms with Crippen LogP contribution in [0.4, 0.5) is 17.6 Å². The summed E-state index contributed by atoms with van der Waals surface area (Å²) in [6.45, 7) is -1.58. The van der Waals surface area contributed by atoms with E-state index < -0.39 is 34.0 Å². The van der Waals surface area contributed by atoms with Gasteiger partial charge in [0.1, 0.15) is 23.1 Å². The van der Waals surface area contributed by atoms with Crippen LogP contribution < -0.4 is 24.7 Å². The smallest absolute Gasteiger partial charge is 0.387 e. The summed E-state index contributed by atoms with van der Waals surface area (Å²) in [7, 11) is -3.49. The highest BCUT2D eigenvalue weighted by atomic mass is 32.2. The number of carbonyl (C=O) groups excluding carboxylic acids is 5. The zero-order valence-electron chi connectivity index (χ0n) is 46.1. The van der Waals surface area contributed by atoms with Gasteiger partial charge in [0.15, 0.2) is 27.2 Å². The lowest BCUT2D eigenvalue weighted by Gasteiger charge is -2.20. The molecule has 2 N–H and O–H groups in total. The molecule has 3 aliphatic carbocycles. The van der Waals surface area contributed by atoms with Crippen molar-refractivity contribution in [2.75, 3.05) is 6.26 Å². The van der Waals surface area contributed by atoms with Crippen molar-refractivity contribution in [3.63, 3.8) is 0 Å². The molecule has 3 fully saturated rings. The van der Waals surface area contributed by atoms with Crippen LogP contribution in [0.5, 0.6) is 23.0 Å². The van der Waals surface area contributed by atoms with Crippen LogP contribution in [0.25, 0.3) is 33.4 Å². The van der Waals surface area contributed by atoms with Crippen LogP contribution in [0, 0.1) is 29.4 Å². The van der Waals surface area contributed by atoms with E-state index in [-0.39, 0.29) is 57.1 Å². The van der Waals surface area contributed by atoms with Gasteiger partial charge in [-0.15, -0.1) is 0 Å². The van der Waals surface area contributed by atoms with E-state index in [1.54, 1.807) is 72.8 Å². The molecule has 0 spiro atoms. The number of sulfone groups is 1. The lowest BCUT2D eigenvalue weighted by atomic mass is 9.87. The molecule has 1 amide bonds. The minimum atomic E-state index is -3.49. The molecular weight excluding hydrogens is 1080 g/mol. The number of ketones is 1. The zero-order chi connectivity index (χ0) is 58.8. The number of amides is 1. The first-order chi connectivity index (χ1) is 39.3. The van der Waals surface area contributed by atoms with Crippen molar-refractivity contribution in [3.8, 4) is 56.4 Å². The first-order valence-electron chi connectivity index (χ1n) is 27.9. The van der Waals surface area contributed by atoms with Crippen molar-refractivity contribution in [2.24, 2.45) is 23.5 Å². The number of halogens is 4. The third-order valence-corrected chi connectivity index (χ3v) is 16.0. The fraction of sp³-hybridized carbons (Fsp3) is 0.369. The molecule has 0 unspecified atom stereocenters. The fourth-order valence-electron chi connectivity index (χ4n) is 10.6. The van der Waals surface area contributed by atoms with Gasteiger partial charge in [-0.2, -0.15) is 8.78 Å². The molecule has 3 saturated carbocycles. The van der Waals surface area contributed by atoms with Crippen molar-refractivity contribution < 1.29 is 68.9 Å². The van der Waals surface area contributed by atoms with Crippen LogP contribution in [0.1, 0.15) is 143 Å². The van der Waals surface area contributed by atoms with Gasteiger partial charge in [-0.1, -0.05) is 112 Å². The third-order valence-electron chi connectivity index (χ3n) is 14.9. The van der Waals surface area contributed by atoms with Crippen molar-refractivity contribution in [2.45, 2.75) is 134 Å². The van der Waals surface area contributed by atoms with Crippen LogP contribution in [0.2, 0.25) is 0 Å². The van der Waals surface area contributed by atoms with Crippen LogP contribution in [0.3, 0.4) is 0 Å². The molecule has 0 atom stereocenters. The summed E-state index contributed by atoms with van der Waals surface area (Å²) >= 11 is 0. The van der Waals surface area contributed by atoms with Gasteiger partial charge in [0, 0.05) is 53.8 Å². The molecule has 0 heterocycles. The quantitative estimate of drug-likeness (QED) is 0.0397. The highest BCUT2D eigenvalue weighted by molar-refractivity contribution is 7.90. The predicted molar refractivity (Wildman–Crippen MR) is 304 cm³/mol. The Bertz CT molecular complexity index is 3310. The van der Waals surface area contributed by atoms with Crippen molar-refractivity contribution in [1.82, 2.24) is 0 Å². The lowest BCUT2D eigenvalue weighted by Crippen LogP contribution is -2.16. The number of hydrogen-bond acceptors (Lipinski definition) is 11. The molecule has 17 heteroatoms. The topological polar surface area (TPSA) is 182 Å². The Labute approximate surface area is 476 Å². The summed E-state index contributed by atoms with van der Waals surface area (Å²) < 4.78 is 99.0. The molecule has 0 aromatic heterocycles. The predicted octanol–water partition coefficient (Wildman–Crippen LogP) is 15.3. The largest absolute Gasteiger partial charge is 0.434 e. The van der Waals surface area contributed by atoms with E-state index in [2.05, 4.69) is 4.74 Å². The van der Waals surface area contributed by atoms with Crippen LogP contribution in [-0.4, -0.2) is 50.9 Å². The molecular formula is C65H69F4NO11S. The van der Waals surface area contributed by atoms with Gasteiger partial charge in [-0.3, -0.25) is 24.0 Å². The average molecular weight is 1150 g/mol. The number of nitrogens with two attached hydrogens (primary N) is 1. The normalized spacial score (nSPS) is 15.0. The Hall–Kier alpha value is -7.66. The highest BCUT2D eigenvalue weighted by Crippen LogP contribution is 2.37. The lowest BCUT2D eigenvalue weighted by molar-refractivity contribution is -0.136. The molecule has 0 bridgehead atoms. The maximum atomic E-state index is 14.9. The molecule has 82 heavy (non-hydrogen) atoms. The molecule has 6 aromatic rings. The van der Waals surface area contributed by atoms with E-state index in [0.717, 1.165) is 83.3 Å². The highest BCUT2D eigenvalue weighted by Gasteiger charge is 2.24. The Balaban J connectivity index is 0.000000178. The average Bonchev–Trinajstić information content (AvgIpc) is 3.64.